The molecule has 0 spiro atoms. The average molecular weight is 508 g/mol. The van der Waals surface area contributed by atoms with Gasteiger partial charge in [0.2, 0.25) is 0 Å². The van der Waals surface area contributed by atoms with E-state index in [0.717, 1.165) is 27.1 Å². The van der Waals surface area contributed by atoms with Crippen LogP contribution in [0, 0.1) is 6.92 Å². The van der Waals surface area contributed by atoms with Crippen molar-refractivity contribution in [3.05, 3.63) is 101 Å². The third kappa shape index (κ3) is 4.51. The lowest BCUT2D eigenvalue weighted by Gasteiger charge is -2.26. The Bertz CT molecular complexity index is 1310. The average Bonchev–Trinajstić information content (AvgIpc) is 3.45. The van der Waals surface area contributed by atoms with Crippen molar-refractivity contribution in [1.82, 2.24) is 10.3 Å². The van der Waals surface area contributed by atoms with Gasteiger partial charge in [-0.3, -0.25) is 4.98 Å². The quantitative estimate of drug-likeness (QED) is 0.283. The van der Waals surface area contributed by atoms with Crippen LogP contribution in [0.1, 0.15) is 29.1 Å². The normalized spacial score (nSPS) is 17.6. The van der Waals surface area contributed by atoms with Crippen LogP contribution in [0.25, 0.3) is 0 Å². The standard InChI is InChI=1S/C26H22ClN3O2S2/c1-16-6-9-18(10-7-16)34-23-13-12-22(32-23)25-24(20-5-3-4-14-28-20)29-26(33)30(25)17-8-11-21(31-2)19(27)15-17/h3-15,24-25H,1-2H3,(H,29,33)/t24-,25+/m1/s1. The highest BCUT2D eigenvalue weighted by Gasteiger charge is 2.42. The number of halogens is 1. The minimum Gasteiger partial charge on any atom is -0.495 e. The summed E-state index contributed by atoms with van der Waals surface area (Å²) in [6.45, 7) is 2.08. The second-order valence-electron chi connectivity index (χ2n) is 7.89. The molecule has 0 saturated carbocycles. The summed E-state index contributed by atoms with van der Waals surface area (Å²) in [7, 11) is 1.60. The highest BCUT2D eigenvalue weighted by molar-refractivity contribution is 7.99. The van der Waals surface area contributed by atoms with Crippen molar-refractivity contribution in [2.75, 3.05) is 12.0 Å². The maximum atomic E-state index is 6.45. The van der Waals surface area contributed by atoms with Crippen LogP contribution in [0.4, 0.5) is 5.69 Å². The van der Waals surface area contributed by atoms with Crippen LogP contribution >= 0.6 is 35.6 Å². The van der Waals surface area contributed by atoms with E-state index in [1.807, 2.05) is 53.4 Å². The van der Waals surface area contributed by atoms with Crippen LogP contribution in [0.2, 0.25) is 5.02 Å². The third-order valence-electron chi connectivity index (χ3n) is 5.64. The predicted octanol–water partition coefficient (Wildman–Crippen LogP) is 6.97. The van der Waals surface area contributed by atoms with Gasteiger partial charge >= 0.3 is 0 Å². The van der Waals surface area contributed by atoms with Crippen LogP contribution in [0.15, 0.2) is 93.4 Å². The lowest BCUT2D eigenvalue weighted by Crippen LogP contribution is -2.29. The van der Waals surface area contributed by atoms with E-state index in [1.165, 1.54) is 5.56 Å². The lowest BCUT2D eigenvalue weighted by molar-refractivity contribution is 0.383. The maximum Gasteiger partial charge on any atom is 0.174 e. The third-order valence-corrected chi connectivity index (χ3v) is 7.18. The van der Waals surface area contributed by atoms with Crippen LogP contribution in [-0.2, 0) is 0 Å². The number of aryl methyl sites for hydroxylation is 1. The van der Waals surface area contributed by atoms with Crippen LogP contribution in [0.5, 0.6) is 5.75 Å². The number of nitrogens with one attached hydrogen (secondary N) is 1. The van der Waals surface area contributed by atoms with Gasteiger partial charge in [0.05, 0.1) is 23.9 Å². The molecular formula is C26H22ClN3O2S2. The van der Waals surface area contributed by atoms with Crippen molar-refractivity contribution in [3.8, 4) is 5.75 Å². The molecule has 3 heterocycles. The van der Waals surface area contributed by atoms with Gasteiger partial charge in [0, 0.05) is 16.8 Å². The minimum absolute atomic E-state index is 0.196. The number of benzene rings is 2. The van der Waals surface area contributed by atoms with Crippen molar-refractivity contribution in [1.29, 1.82) is 0 Å². The molecule has 2 aromatic carbocycles. The first-order valence-electron chi connectivity index (χ1n) is 10.7. The molecule has 0 bridgehead atoms. The first-order chi connectivity index (χ1) is 16.5. The van der Waals surface area contributed by atoms with E-state index in [4.69, 9.17) is 33.0 Å². The van der Waals surface area contributed by atoms with Gasteiger partial charge in [0.25, 0.3) is 0 Å². The number of hydrogen-bond donors (Lipinski definition) is 1. The van der Waals surface area contributed by atoms with Gasteiger partial charge in [-0.05, 0) is 73.7 Å². The zero-order valence-electron chi connectivity index (χ0n) is 18.6. The first kappa shape index (κ1) is 22.8. The van der Waals surface area contributed by atoms with Crippen LogP contribution in [0.3, 0.4) is 0 Å². The molecule has 0 aliphatic carbocycles. The maximum absolute atomic E-state index is 6.45. The number of rotatable bonds is 6. The summed E-state index contributed by atoms with van der Waals surface area (Å²) >= 11 is 13.8. The van der Waals surface area contributed by atoms with E-state index in [1.54, 1.807) is 25.1 Å². The number of pyridine rings is 1. The fourth-order valence-corrected chi connectivity index (χ4v) is 5.37. The van der Waals surface area contributed by atoms with E-state index >= 15 is 0 Å². The Morgan fingerprint density at radius 3 is 2.62 bits per heavy atom. The number of hydrogen-bond acceptors (Lipinski definition) is 5. The van der Waals surface area contributed by atoms with E-state index in [-0.39, 0.29) is 12.1 Å². The predicted molar refractivity (Wildman–Crippen MR) is 140 cm³/mol. The Balaban J connectivity index is 1.53. The molecule has 1 N–H and O–H groups in total. The topological polar surface area (TPSA) is 50.5 Å². The first-order valence-corrected chi connectivity index (χ1v) is 12.3. The molecule has 2 aromatic heterocycles. The van der Waals surface area contributed by atoms with Crippen molar-refractivity contribution in [2.45, 2.75) is 29.0 Å². The zero-order chi connectivity index (χ0) is 23.7. The Kier molecular flexibility index (Phi) is 6.50. The van der Waals surface area contributed by atoms with E-state index in [0.29, 0.717) is 15.9 Å². The van der Waals surface area contributed by atoms with Crippen LogP contribution < -0.4 is 15.0 Å². The monoisotopic (exact) mass is 507 g/mol. The Morgan fingerprint density at radius 1 is 1.09 bits per heavy atom. The Morgan fingerprint density at radius 2 is 1.91 bits per heavy atom. The van der Waals surface area contributed by atoms with Gasteiger partial charge in [-0.1, -0.05) is 47.1 Å². The number of nitrogens with zero attached hydrogens (tertiary/aromatic N) is 2. The van der Waals surface area contributed by atoms with Crippen LogP contribution in [-0.4, -0.2) is 17.2 Å². The zero-order valence-corrected chi connectivity index (χ0v) is 21.0. The van der Waals surface area contributed by atoms with Crippen molar-refractivity contribution in [3.63, 3.8) is 0 Å². The number of aromatic nitrogens is 1. The molecule has 5 rings (SSSR count). The molecule has 1 aliphatic rings. The largest absolute Gasteiger partial charge is 0.495 e. The smallest absolute Gasteiger partial charge is 0.174 e. The van der Waals surface area contributed by atoms with Gasteiger partial charge in [-0.25, -0.2) is 0 Å². The number of thiocarbonyl (C=S) groups is 1. The van der Waals surface area contributed by atoms with Gasteiger partial charge in [-0.15, -0.1) is 0 Å². The van der Waals surface area contributed by atoms with Gasteiger partial charge < -0.3 is 19.4 Å². The second kappa shape index (κ2) is 9.70. The molecule has 1 saturated heterocycles. The van der Waals surface area contributed by atoms with Gasteiger partial charge in [0.15, 0.2) is 10.2 Å². The fourth-order valence-electron chi connectivity index (χ4n) is 4.00. The highest BCUT2D eigenvalue weighted by atomic mass is 35.5. The van der Waals surface area contributed by atoms with E-state index in [9.17, 15) is 0 Å². The summed E-state index contributed by atoms with van der Waals surface area (Å²) in [6, 6.07) is 23.4. The molecule has 8 heteroatoms. The number of methoxy groups -OCH3 is 1. The molecule has 1 aliphatic heterocycles. The number of anilines is 1. The molecule has 4 aromatic rings. The van der Waals surface area contributed by atoms with E-state index in [2.05, 4.69) is 41.5 Å². The second-order valence-corrected chi connectivity index (χ2v) is 9.76. The minimum atomic E-state index is -0.251. The molecule has 34 heavy (non-hydrogen) atoms. The van der Waals surface area contributed by atoms with Crippen molar-refractivity contribution in [2.24, 2.45) is 0 Å². The molecule has 1 fully saturated rings. The molecule has 2 atom stereocenters. The number of ether oxygens (including phenoxy) is 1. The van der Waals surface area contributed by atoms with Gasteiger partial charge in [0.1, 0.15) is 17.6 Å². The highest BCUT2D eigenvalue weighted by Crippen LogP contribution is 2.44. The van der Waals surface area contributed by atoms with Crippen molar-refractivity contribution < 1.29 is 9.15 Å². The summed E-state index contributed by atoms with van der Waals surface area (Å²) in [5.41, 5.74) is 2.94. The lowest BCUT2D eigenvalue weighted by atomic mass is 10.0. The molecule has 172 valence electrons. The SMILES string of the molecule is COc1ccc(N2C(=S)N[C@H](c3ccccn3)[C@@H]2c2ccc(Sc3ccc(C)cc3)o2)cc1Cl. The summed E-state index contributed by atoms with van der Waals surface area (Å²) in [5.74, 6) is 1.39. The molecule has 0 amide bonds. The summed E-state index contributed by atoms with van der Waals surface area (Å²) in [5, 5.41) is 5.33. The van der Waals surface area contributed by atoms with Gasteiger partial charge in [-0.2, -0.15) is 0 Å². The summed E-state index contributed by atoms with van der Waals surface area (Å²) in [4.78, 5) is 7.73. The molecule has 0 unspecified atom stereocenters. The summed E-state index contributed by atoms with van der Waals surface area (Å²) in [6.07, 6.45) is 1.78. The number of furan rings is 1. The van der Waals surface area contributed by atoms with E-state index < -0.39 is 0 Å². The molecule has 0 radical (unpaired) electrons. The summed E-state index contributed by atoms with van der Waals surface area (Å²) < 4.78 is 11.7. The molecular weight excluding hydrogens is 486 g/mol. The molecule has 5 nitrogen and oxygen atoms in total. The fraction of sp³-hybridized carbons (Fsp3) is 0.154. The van der Waals surface area contributed by atoms with Crippen molar-refractivity contribution >= 4 is 46.4 Å². The Labute approximate surface area is 213 Å². The Hall–Kier alpha value is -3.00.